The Balaban J connectivity index is 1.97. The van der Waals surface area contributed by atoms with E-state index in [9.17, 15) is 14.2 Å². The molecule has 2 atom stereocenters. The Kier molecular flexibility index (Phi) is 6.15. The Morgan fingerprint density at radius 2 is 1.92 bits per heavy atom. The molecule has 1 heterocycles. The van der Waals surface area contributed by atoms with E-state index in [2.05, 4.69) is 0 Å². The third-order valence-electron chi connectivity index (χ3n) is 4.33. The second-order valence-electron chi connectivity index (χ2n) is 6.23. The lowest BCUT2D eigenvalue weighted by Gasteiger charge is -2.38. The Bertz CT molecular complexity index is 631. The molecule has 0 radical (unpaired) electrons. The van der Waals surface area contributed by atoms with Crippen LogP contribution in [0, 0.1) is 5.92 Å². The highest BCUT2D eigenvalue weighted by molar-refractivity contribution is 7.51. The molecule has 1 aromatic rings. The summed E-state index contributed by atoms with van der Waals surface area (Å²) in [6.07, 6.45) is 1.25. The summed E-state index contributed by atoms with van der Waals surface area (Å²) in [5.74, 6) is -1.09. The number of hydrogen-bond donors (Lipinski definition) is 3. The van der Waals surface area contributed by atoms with E-state index in [0.29, 0.717) is 19.4 Å². The number of nitrogens with zero attached hydrogens (tertiary/aromatic N) is 1. The number of amides is 2. The number of rotatable bonds is 6. The number of carbonyl (C=O) groups excluding carboxylic acids is 2. The Morgan fingerprint density at radius 1 is 1.25 bits per heavy atom. The Labute approximate surface area is 141 Å². The highest BCUT2D eigenvalue weighted by Gasteiger charge is 2.36. The zero-order valence-corrected chi connectivity index (χ0v) is 14.3. The molecule has 0 bridgehead atoms. The van der Waals surface area contributed by atoms with Crippen molar-refractivity contribution in [3.8, 4) is 0 Å². The fraction of sp³-hybridized carbons (Fsp3) is 0.500. The number of carbonyl (C=O) groups is 2. The molecule has 1 aliphatic heterocycles. The van der Waals surface area contributed by atoms with Gasteiger partial charge in [0.2, 0.25) is 11.8 Å². The number of likely N-dealkylation sites (tertiary alicyclic amines) is 1. The summed E-state index contributed by atoms with van der Waals surface area (Å²) in [7, 11) is -4.14. The van der Waals surface area contributed by atoms with Crippen LogP contribution in [-0.4, -0.2) is 45.2 Å². The fourth-order valence-corrected chi connectivity index (χ4v) is 4.15. The van der Waals surface area contributed by atoms with E-state index in [-0.39, 0.29) is 30.8 Å². The first-order valence-corrected chi connectivity index (χ1v) is 9.73. The van der Waals surface area contributed by atoms with Gasteiger partial charge in [-0.3, -0.25) is 14.2 Å². The molecule has 2 rings (SSSR count). The van der Waals surface area contributed by atoms with Gasteiger partial charge in [0.25, 0.3) is 0 Å². The number of aryl methyl sites for hydroxylation is 1. The third-order valence-corrected chi connectivity index (χ3v) is 5.32. The molecule has 1 aromatic carbocycles. The first-order chi connectivity index (χ1) is 11.3. The van der Waals surface area contributed by atoms with E-state index in [0.717, 1.165) is 5.56 Å². The molecule has 4 N–H and O–H groups in total. The van der Waals surface area contributed by atoms with Gasteiger partial charge in [-0.2, -0.15) is 0 Å². The zero-order valence-electron chi connectivity index (χ0n) is 13.4. The van der Waals surface area contributed by atoms with E-state index in [4.69, 9.17) is 15.5 Å². The van der Waals surface area contributed by atoms with Crippen LogP contribution in [0.1, 0.15) is 24.8 Å². The summed E-state index contributed by atoms with van der Waals surface area (Å²) in [5.41, 5.74) is 6.44. The van der Waals surface area contributed by atoms with E-state index in [1.807, 2.05) is 30.3 Å². The summed E-state index contributed by atoms with van der Waals surface area (Å²) in [6, 6.07) is 8.79. The van der Waals surface area contributed by atoms with Gasteiger partial charge in [-0.15, -0.1) is 0 Å². The minimum atomic E-state index is -4.14. The quantitative estimate of drug-likeness (QED) is 0.655. The second-order valence-corrected chi connectivity index (χ2v) is 7.92. The maximum absolute atomic E-state index is 12.4. The lowest BCUT2D eigenvalue weighted by atomic mass is 9.91. The zero-order chi connectivity index (χ0) is 17.7. The molecule has 1 aliphatic rings. The molecule has 132 valence electrons. The van der Waals surface area contributed by atoms with Crippen molar-refractivity contribution in [2.75, 3.05) is 12.7 Å². The first-order valence-electron chi connectivity index (χ1n) is 7.93. The van der Waals surface area contributed by atoms with Crippen molar-refractivity contribution in [2.45, 2.75) is 31.7 Å². The van der Waals surface area contributed by atoms with Gasteiger partial charge in [0.1, 0.15) is 6.04 Å². The lowest BCUT2D eigenvalue weighted by Crippen LogP contribution is -2.52. The second kappa shape index (κ2) is 7.92. The van der Waals surface area contributed by atoms with Crippen LogP contribution in [0.25, 0.3) is 0 Å². The number of benzene rings is 1. The van der Waals surface area contributed by atoms with Crippen LogP contribution in [-0.2, 0) is 20.6 Å². The molecular formula is C16H23N2O5P. The van der Waals surface area contributed by atoms with E-state index >= 15 is 0 Å². The molecule has 2 amide bonds. The van der Waals surface area contributed by atoms with Crippen molar-refractivity contribution in [1.29, 1.82) is 0 Å². The molecule has 0 saturated carbocycles. The Morgan fingerprint density at radius 3 is 2.50 bits per heavy atom. The summed E-state index contributed by atoms with van der Waals surface area (Å²) in [6.45, 7) is 0.298. The van der Waals surface area contributed by atoms with Crippen LogP contribution in [0.4, 0.5) is 0 Å². The van der Waals surface area contributed by atoms with E-state index in [1.165, 1.54) is 4.90 Å². The monoisotopic (exact) mass is 354 g/mol. The average Bonchev–Trinajstić information content (AvgIpc) is 2.52. The predicted octanol–water partition coefficient (Wildman–Crippen LogP) is 0.889. The van der Waals surface area contributed by atoms with Crippen molar-refractivity contribution in [3.05, 3.63) is 35.9 Å². The van der Waals surface area contributed by atoms with Gasteiger partial charge in [0, 0.05) is 13.0 Å². The van der Waals surface area contributed by atoms with Crippen LogP contribution in [0.3, 0.4) is 0 Å². The van der Waals surface area contributed by atoms with Crippen LogP contribution >= 0.6 is 7.60 Å². The van der Waals surface area contributed by atoms with Gasteiger partial charge in [-0.25, -0.2) is 0 Å². The molecule has 8 heteroatoms. The molecule has 7 nitrogen and oxygen atoms in total. The first kappa shape index (κ1) is 18.6. The van der Waals surface area contributed by atoms with E-state index in [1.54, 1.807) is 0 Å². The minimum Gasteiger partial charge on any atom is -0.368 e. The number of hydrogen-bond acceptors (Lipinski definition) is 3. The van der Waals surface area contributed by atoms with Gasteiger partial charge < -0.3 is 20.4 Å². The van der Waals surface area contributed by atoms with Crippen molar-refractivity contribution < 1.29 is 23.9 Å². The third kappa shape index (κ3) is 5.44. The van der Waals surface area contributed by atoms with Crippen molar-refractivity contribution in [1.82, 2.24) is 4.90 Å². The highest BCUT2D eigenvalue weighted by Crippen LogP contribution is 2.40. The van der Waals surface area contributed by atoms with Gasteiger partial charge in [-0.05, 0) is 30.7 Å². The topological polar surface area (TPSA) is 121 Å². The smallest absolute Gasteiger partial charge is 0.325 e. The van der Waals surface area contributed by atoms with Crippen LogP contribution in [0.5, 0.6) is 0 Å². The van der Waals surface area contributed by atoms with Gasteiger partial charge >= 0.3 is 7.60 Å². The van der Waals surface area contributed by atoms with Crippen LogP contribution in [0.2, 0.25) is 0 Å². The summed E-state index contributed by atoms with van der Waals surface area (Å²) >= 11 is 0. The van der Waals surface area contributed by atoms with Gasteiger partial charge in [0.05, 0.1) is 6.16 Å². The van der Waals surface area contributed by atoms with Crippen molar-refractivity contribution in [2.24, 2.45) is 11.7 Å². The highest BCUT2D eigenvalue weighted by atomic mass is 31.2. The maximum Gasteiger partial charge on any atom is 0.325 e. The van der Waals surface area contributed by atoms with Crippen molar-refractivity contribution in [3.63, 3.8) is 0 Å². The van der Waals surface area contributed by atoms with Crippen LogP contribution < -0.4 is 5.73 Å². The van der Waals surface area contributed by atoms with Crippen molar-refractivity contribution >= 4 is 19.4 Å². The number of nitrogens with two attached hydrogens (primary N) is 1. The number of primary amides is 1. The average molecular weight is 354 g/mol. The summed E-state index contributed by atoms with van der Waals surface area (Å²) in [5, 5.41) is 0. The normalized spacial score (nSPS) is 21.5. The molecule has 24 heavy (non-hydrogen) atoms. The SMILES string of the molecule is NC(=O)[C@@H]1C[C@H](CP(=O)(O)O)CCN1C(=O)CCc1ccccc1. The standard InChI is InChI=1S/C16H23N2O5P/c17-16(20)14-10-13(11-24(21,22)23)8-9-18(14)15(19)7-6-12-4-2-1-3-5-12/h1-5,13-14H,6-11H2,(H2,17,20)(H2,21,22,23)/t13-,14+/m1/s1. The molecule has 1 saturated heterocycles. The Hall–Kier alpha value is -1.69. The molecule has 0 unspecified atom stereocenters. The number of piperidine rings is 1. The predicted molar refractivity (Wildman–Crippen MR) is 89.1 cm³/mol. The molecule has 0 aromatic heterocycles. The van der Waals surface area contributed by atoms with E-state index < -0.39 is 19.5 Å². The maximum atomic E-state index is 12.4. The minimum absolute atomic E-state index is 0.155. The summed E-state index contributed by atoms with van der Waals surface area (Å²) in [4.78, 5) is 43.8. The summed E-state index contributed by atoms with van der Waals surface area (Å²) < 4.78 is 11.1. The fourth-order valence-electron chi connectivity index (χ4n) is 3.15. The van der Waals surface area contributed by atoms with Gasteiger partial charge in [0.15, 0.2) is 0 Å². The van der Waals surface area contributed by atoms with Gasteiger partial charge in [-0.1, -0.05) is 30.3 Å². The molecule has 1 fully saturated rings. The lowest BCUT2D eigenvalue weighted by molar-refractivity contribution is -0.141. The largest absolute Gasteiger partial charge is 0.368 e. The molecule has 0 aliphatic carbocycles. The van der Waals surface area contributed by atoms with Crippen LogP contribution in [0.15, 0.2) is 30.3 Å². The molecule has 0 spiro atoms. The molecular weight excluding hydrogens is 331 g/mol.